The Hall–Kier alpha value is -2.74. The molecule has 0 radical (unpaired) electrons. The molecule has 0 N–H and O–H groups in total. The molecule has 0 bridgehead atoms. The number of hydrogen-bond donors (Lipinski definition) is 0. The summed E-state index contributed by atoms with van der Waals surface area (Å²) in [6.07, 6.45) is 0. The fourth-order valence-corrected chi connectivity index (χ4v) is 3.97. The molecule has 2 heterocycles. The number of hydrogen-bond acceptors (Lipinski definition) is 6. The molecular weight excluding hydrogens is 411 g/mol. The monoisotopic (exact) mass is 418 g/mol. The van der Waals surface area contributed by atoms with Crippen molar-refractivity contribution in [3.63, 3.8) is 0 Å². The maximum Gasteiger partial charge on any atom is 0.346 e. The van der Waals surface area contributed by atoms with E-state index >= 15 is 0 Å². The lowest BCUT2D eigenvalue weighted by Gasteiger charge is -2.02. The average molecular weight is 419 g/mol. The second kappa shape index (κ2) is 6.77. The number of halogens is 2. The third kappa shape index (κ3) is 3.21. The van der Waals surface area contributed by atoms with Crippen molar-refractivity contribution in [2.45, 2.75) is 0 Å². The van der Waals surface area contributed by atoms with Gasteiger partial charge in [-0.15, -0.1) is 11.3 Å². The number of nitrogens with zero attached hydrogens (tertiary/aromatic N) is 2. The largest absolute Gasteiger partial charge is 0.415 e. The van der Waals surface area contributed by atoms with Crippen LogP contribution in [0, 0.1) is 10.1 Å². The highest BCUT2D eigenvalue weighted by molar-refractivity contribution is 7.13. The third-order valence-corrected chi connectivity index (χ3v) is 5.30. The van der Waals surface area contributed by atoms with Crippen LogP contribution >= 0.6 is 34.5 Å². The SMILES string of the molecule is O=c1oc2c([N+](=O)[O-])cccc2cc1-c1nc(-c2ccc(Cl)cc2Cl)cs1. The minimum absolute atomic E-state index is 0.0613. The second-order valence-electron chi connectivity index (χ2n) is 5.56. The summed E-state index contributed by atoms with van der Waals surface area (Å²) in [5, 5.41) is 14.7. The quantitative estimate of drug-likeness (QED) is 0.238. The molecule has 0 aliphatic carbocycles. The molecule has 6 nitrogen and oxygen atoms in total. The highest BCUT2D eigenvalue weighted by Crippen LogP contribution is 2.34. The second-order valence-corrected chi connectivity index (χ2v) is 7.26. The van der Waals surface area contributed by atoms with E-state index in [0.29, 0.717) is 31.7 Å². The molecule has 0 spiro atoms. The Balaban J connectivity index is 1.84. The molecule has 9 heteroatoms. The Bertz CT molecular complexity index is 1270. The Morgan fingerprint density at radius 2 is 1.93 bits per heavy atom. The molecule has 2 aromatic heterocycles. The number of nitro groups is 1. The zero-order valence-electron chi connectivity index (χ0n) is 13.3. The molecule has 27 heavy (non-hydrogen) atoms. The molecule has 2 aromatic carbocycles. The fraction of sp³-hybridized carbons (Fsp3) is 0. The van der Waals surface area contributed by atoms with E-state index in [1.54, 1.807) is 35.7 Å². The molecule has 0 unspecified atom stereocenters. The molecule has 134 valence electrons. The smallest absolute Gasteiger partial charge is 0.346 e. The van der Waals surface area contributed by atoms with Crippen LogP contribution in [0.15, 0.2) is 57.1 Å². The molecule has 4 aromatic rings. The van der Waals surface area contributed by atoms with Crippen molar-refractivity contribution < 1.29 is 9.34 Å². The van der Waals surface area contributed by atoms with Crippen molar-refractivity contribution in [3.8, 4) is 21.8 Å². The average Bonchev–Trinajstić information content (AvgIpc) is 3.10. The highest BCUT2D eigenvalue weighted by atomic mass is 35.5. The summed E-state index contributed by atoms with van der Waals surface area (Å²) in [6, 6.07) is 11.1. The molecular formula is C18H8Cl2N2O4S. The fourth-order valence-electron chi connectivity index (χ4n) is 2.64. The Labute approximate surface area is 165 Å². The summed E-state index contributed by atoms with van der Waals surface area (Å²) < 4.78 is 5.22. The van der Waals surface area contributed by atoms with Crippen LogP contribution in [0.4, 0.5) is 5.69 Å². The summed E-state index contributed by atoms with van der Waals surface area (Å²) in [6.45, 7) is 0. The minimum atomic E-state index is -0.695. The van der Waals surface area contributed by atoms with E-state index in [9.17, 15) is 14.9 Å². The van der Waals surface area contributed by atoms with Crippen LogP contribution in [-0.2, 0) is 0 Å². The van der Waals surface area contributed by atoms with Crippen LogP contribution in [0.25, 0.3) is 32.8 Å². The molecule has 4 rings (SSSR count). The number of non-ortho nitro benzene ring substituents is 1. The number of thiazole rings is 1. The number of aromatic nitrogens is 1. The summed E-state index contributed by atoms with van der Waals surface area (Å²) in [4.78, 5) is 27.4. The van der Waals surface area contributed by atoms with Gasteiger partial charge in [0, 0.05) is 27.4 Å². The van der Waals surface area contributed by atoms with Gasteiger partial charge in [0.2, 0.25) is 5.58 Å². The van der Waals surface area contributed by atoms with Crippen LogP contribution in [0.1, 0.15) is 0 Å². The van der Waals surface area contributed by atoms with Gasteiger partial charge in [-0.05, 0) is 24.3 Å². The van der Waals surface area contributed by atoms with Gasteiger partial charge in [-0.1, -0.05) is 35.3 Å². The Kier molecular flexibility index (Phi) is 4.43. The topological polar surface area (TPSA) is 86.2 Å². The van der Waals surface area contributed by atoms with Crippen LogP contribution in [0.2, 0.25) is 10.0 Å². The summed E-state index contributed by atoms with van der Waals surface area (Å²) >= 11 is 13.4. The van der Waals surface area contributed by atoms with E-state index in [1.807, 2.05) is 0 Å². The van der Waals surface area contributed by atoms with Crippen molar-refractivity contribution in [1.82, 2.24) is 4.98 Å². The van der Waals surface area contributed by atoms with Gasteiger partial charge in [0.25, 0.3) is 0 Å². The lowest BCUT2D eigenvalue weighted by atomic mass is 10.1. The van der Waals surface area contributed by atoms with Crippen LogP contribution in [0.3, 0.4) is 0 Å². The van der Waals surface area contributed by atoms with E-state index in [1.165, 1.54) is 23.5 Å². The van der Waals surface area contributed by atoms with Crippen molar-refractivity contribution >= 4 is 51.2 Å². The van der Waals surface area contributed by atoms with Gasteiger partial charge in [0.05, 0.1) is 21.2 Å². The highest BCUT2D eigenvalue weighted by Gasteiger charge is 2.19. The minimum Gasteiger partial charge on any atom is -0.415 e. The van der Waals surface area contributed by atoms with Gasteiger partial charge in [-0.25, -0.2) is 9.78 Å². The molecule has 0 aliphatic rings. The van der Waals surface area contributed by atoms with Crippen molar-refractivity contribution in [2.24, 2.45) is 0 Å². The normalized spacial score (nSPS) is 11.0. The molecule has 0 aliphatic heterocycles. The van der Waals surface area contributed by atoms with E-state index in [4.69, 9.17) is 27.6 Å². The first kappa shape index (κ1) is 17.7. The van der Waals surface area contributed by atoms with E-state index in [2.05, 4.69) is 4.98 Å². The lowest BCUT2D eigenvalue weighted by molar-refractivity contribution is -0.383. The molecule has 0 saturated carbocycles. The molecule has 0 saturated heterocycles. The van der Waals surface area contributed by atoms with Crippen LogP contribution in [0.5, 0.6) is 0 Å². The van der Waals surface area contributed by atoms with Crippen LogP contribution in [-0.4, -0.2) is 9.91 Å². The first-order chi connectivity index (χ1) is 12.9. The molecule has 0 atom stereocenters. The summed E-state index contributed by atoms with van der Waals surface area (Å²) in [5.41, 5.74) is 0.488. The predicted molar refractivity (Wildman–Crippen MR) is 106 cm³/mol. The van der Waals surface area contributed by atoms with Gasteiger partial charge < -0.3 is 4.42 Å². The van der Waals surface area contributed by atoms with Gasteiger partial charge in [-0.3, -0.25) is 10.1 Å². The van der Waals surface area contributed by atoms with Gasteiger partial charge >= 0.3 is 11.3 Å². The third-order valence-electron chi connectivity index (χ3n) is 3.88. The lowest BCUT2D eigenvalue weighted by Crippen LogP contribution is -2.03. The number of benzene rings is 2. The first-order valence-corrected chi connectivity index (χ1v) is 9.20. The summed E-state index contributed by atoms with van der Waals surface area (Å²) in [5.74, 6) is 0. The maximum atomic E-state index is 12.4. The molecule has 0 amide bonds. The summed E-state index contributed by atoms with van der Waals surface area (Å²) in [7, 11) is 0. The van der Waals surface area contributed by atoms with Gasteiger partial charge in [-0.2, -0.15) is 0 Å². The number of para-hydroxylation sites is 1. The number of nitro benzene ring substituents is 1. The molecule has 0 fully saturated rings. The Morgan fingerprint density at radius 1 is 1.11 bits per heavy atom. The van der Waals surface area contributed by atoms with E-state index in [0.717, 1.165) is 0 Å². The van der Waals surface area contributed by atoms with Gasteiger partial charge in [0.1, 0.15) is 5.01 Å². The maximum absolute atomic E-state index is 12.4. The van der Waals surface area contributed by atoms with Crippen molar-refractivity contribution in [2.75, 3.05) is 0 Å². The number of rotatable bonds is 3. The zero-order chi connectivity index (χ0) is 19.1. The van der Waals surface area contributed by atoms with E-state index < -0.39 is 10.5 Å². The zero-order valence-corrected chi connectivity index (χ0v) is 15.6. The van der Waals surface area contributed by atoms with Crippen molar-refractivity contribution in [3.05, 3.63) is 78.4 Å². The van der Waals surface area contributed by atoms with Crippen molar-refractivity contribution in [1.29, 1.82) is 0 Å². The number of fused-ring (bicyclic) bond motifs is 1. The van der Waals surface area contributed by atoms with E-state index in [-0.39, 0.29) is 16.8 Å². The Morgan fingerprint density at radius 3 is 2.67 bits per heavy atom. The van der Waals surface area contributed by atoms with Gasteiger partial charge in [0.15, 0.2) is 0 Å². The first-order valence-electron chi connectivity index (χ1n) is 7.56. The van der Waals surface area contributed by atoms with Crippen LogP contribution < -0.4 is 5.63 Å². The standard InChI is InChI=1S/C18H8Cl2N2O4S/c19-10-4-5-11(13(20)7-10)14-8-27-17(21-14)12-6-9-2-1-3-15(22(24)25)16(9)26-18(12)23/h1-8H. The predicted octanol–water partition coefficient (Wildman–Crippen LogP) is 5.80.